The number of aromatic amines is 1. The number of H-pyrrole nitrogens is 1. The van der Waals surface area contributed by atoms with Gasteiger partial charge >= 0.3 is 12.0 Å². The zero-order valence-electron chi connectivity index (χ0n) is 16.6. The summed E-state index contributed by atoms with van der Waals surface area (Å²) in [6.45, 7) is 0.493. The number of pyridine rings is 1. The van der Waals surface area contributed by atoms with Gasteiger partial charge in [-0.3, -0.25) is 4.98 Å². The van der Waals surface area contributed by atoms with Gasteiger partial charge in [0.25, 0.3) is 0 Å². The summed E-state index contributed by atoms with van der Waals surface area (Å²) >= 11 is 0. The monoisotopic (exact) mass is 407 g/mol. The van der Waals surface area contributed by atoms with Gasteiger partial charge in [0.15, 0.2) is 0 Å². The normalized spacial score (nSPS) is 15.3. The molecule has 4 rings (SSSR count). The molecule has 3 heterocycles. The third kappa shape index (κ3) is 3.57. The lowest BCUT2D eigenvalue weighted by molar-refractivity contribution is 0.0600. The molecule has 2 N–H and O–H groups in total. The standard InChI is InChI=1S/C21H21N5O4/c1-29-17-4-3-14(20(27)30-2)11-16(17)25-21(28)26-10-7-15-18(24-12-23-15)19(26)13-5-8-22-9-6-13/h3-6,8-9,11-12,19H,7,10H2,1-2H3,(H,23,24)(H,25,28)/t19-/m1/s1. The number of benzene rings is 1. The summed E-state index contributed by atoms with van der Waals surface area (Å²) in [5.41, 5.74) is 3.41. The van der Waals surface area contributed by atoms with Crippen molar-refractivity contribution in [2.45, 2.75) is 12.5 Å². The van der Waals surface area contributed by atoms with Crippen LogP contribution in [0, 0.1) is 0 Å². The van der Waals surface area contributed by atoms with E-state index in [9.17, 15) is 9.59 Å². The van der Waals surface area contributed by atoms with Crippen LogP contribution in [0.15, 0.2) is 49.1 Å². The van der Waals surface area contributed by atoms with Crippen LogP contribution in [0.3, 0.4) is 0 Å². The summed E-state index contributed by atoms with van der Waals surface area (Å²) in [6, 6.07) is 7.78. The van der Waals surface area contributed by atoms with E-state index in [1.165, 1.54) is 20.3 Å². The van der Waals surface area contributed by atoms with E-state index in [0.717, 1.165) is 17.0 Å². The number of nitrogens with zero attached hydrogens (tertiary/aromatic N) is 3. The van der Waals surface area contributed by atoms with Crippen LogP contribution in [0.2, 0.25) is 0 Å². The first kappa shape index (κ1) is 19.4. The van der Waals surface area contributed by atoms with Crippen molar-refractivity contribution in [2.75, 3.05) is 26.1 Å². The van der Waals surface area contributed by atoms with E-state index in [0.29, 0.717) is 30.0 Å². The number of carbonyl (C=O) groups is 2. The number of aromatic nitrogens is 3. The number of imidazole rings is 1. The molecule has 9 nitrogen and oxygen atoms in total. The van der Waals surface area contributed by atoms with Crippen molar-refractivity contribution < 1.29 is 19.1 Å². The van der Waals surface area contributed by atoms with Crippen LogP contribution >= 0.6 is 0 Å². The van der Waals surface area contributed by atoms with E-state index in [-0.39, 0.29) is 12.1 Å². The van der Waals surface area contributed by atoms with Gasteiger partial charge in [0.1, 0.15) is 11.8 Å². The van der Waals surface area contributed by atoms with Crippen molar-refractivity contribution in [3.8, 4) is 5.75 Å². The molecule has 1 aromatic carbocycles. The first-order chi connectivity index (χ1) is 14.6. The number of carbonyl (C=O) groups excluding carboxylic acids is 2. The Labute approximate surface area is 173 Å². The van der Waals surface area contributed by atoms with E-state index in [1.54, 1.807) is 35.8 Å². The smallest absolute Gasteiger partial charge is 0.337 e. The van der Waals surface area contributed by atoms with Crippen LogP contribution in [0.5, 0.6) is 5.75 Å². The molecular formula is C21H21N5O4. The average Bonchev–Trinajstić information content (AvgIpc) is 3.27. The number of hydrogen-bond donors (Lipinski definition) is 2. The Hall–Kier alpha value is -3.88. The molecule has 1 atom stereocenters. The number of methoxy groups -OCH3 is 2. The zero-order chi connectivity index (χ0) is 21.1. The second-order valence-corrected chi connectivity index (χ2v) is 6.73. The molecule has 0 spiro atoms. The summed E-state index contributed by atoms with van der Waals surface area (Å²) in [7, 11) is 2.80. The summed E-state index contributed by atoms with van der Waals surface area (Å²) in [6.07, 6.45) is 5.68. The van der Waals surface area contributed by atoms with Gasteiger partial charge in [-0.1, -0.05) is 0 Å². The molecular weight excluding hydrogens is 386 g/mol. The highest BCUT2D eigenvalue weighted by Crippen LogP contribution is 2.34. The highest BCUT2D eigenvalue weighted by atomic mass is 16.5. The van der Waals surface area contributed by atoms with Gasteiger partial charge in [-0.15, -0.1) is 0 Å². The van der Waals surface area contributed by atoms with Gasteiger partial charge in [0.2, 0.25) is 0 Å². The van der Waals surface area contributed by atoms with Gasteiger partial charge in [-0.2, -0.15) is 0 Å². The molecule has 0 aliphatic carbocycles. The number of ether oxygens (including phenoxy) is 2. The molecule has 0 radical (unpaired) electrons. The van der Waals surface area contributed by atoms with Crippen LogP contribution in [-0.4, -0.2) is 52.6 Å². The number of urea groups is 1. The Morgan fingerprint density at radius 1 is 1.20 bits per heavy atom. The minimum absolute atomic E-state index is 0.313. The third-order valence-electron chi connectivity index (χ3n) is 5.07. The van der Waals surface area contributed by atoms with Crippen molar-refractivity contribution in [3.05, 3.63) is 71.6 Å². The topological polar surface area (TPSA) is 109 Å². The van der Waals surface area contributed by atoms with E-state index in [4.69, 9.17) is 9.47 Å². The molecule has 30 heavy (non-hydrogen) atoms. The van der Waals surface area contributed by atoms with Crippen LogP contribution < -0.4 is 10.1 Å². The second-order valence-electron chi connectivity index (χ2n) is 6.73. The van der Waals surface area contributed by atoms with Crippen LogP contribution in [0.1, 0.15) is 33.4 Å². The zero-order valence-corrected chi connectivity index (χ0v) is 16.6. The fraction of sp³-hybridized carbons (Fsp3) is 0.238. The Morgan fingerprint density at radius 3 is 2.73 bits per heavy atom. The minimum Gasteiger partial charge on any atom is -0.495 e. The maximum Gasteiger partial charge on any atom is 0.337 e. The maximum absolute atomic E-state index is 13.3. The lowest BCUT2D eigenvalue weighted by atomic mass is 9.97. The Morgan fingerprint density at radius 2 is 2.00 bits per heavy atom. The van der Waals surface area contributed by atoms with Gasteiger partial charge in [0.05, 0.1) is 37.5 Å². The van der Waals surface area contributed by atoms with Crippen molar-refractivity contribution >= 4 is 17.7 Å². The number of anilines is 1. The van der Waals surface area contributed by atoms with Crippen LogP contribution in [0.25, 0.3) is 0 Å². The Kier molecular flexibility index (Phi) is 5.34. The van der Waals surface area contributed by atoms with E-state index < -0.39 is 5.97 Å². The largest absolute Gasteiger partial charge is 0.495 e. The highest BCUT2D eigenvalue weighted by Gasteiger charge is 2.34. The number of rotatable bonds is 4. The SMILES string of the molecule is COC(=O)c1ccc(OC)c(NC(=O)N2CCc3[nH]cnc3[C@H]2c2ccncc2)c1. The van der Waals surface area contributed by atoms with Gasteiger partial charge in [-0.25, -0.2) is 14.6 Å². The van der Waals surface area contributed by atoms with Gasteiger partial charge < -0.3 is 24.7 Å². The van der Waals surface area contributed by atoms with Gasteiger partial charge in [-0.05, 0) is 35.9 Å². The second kappa shape index (κ2) is 8.24. The number of esters is 1. The lowest BCUT2D eigenvalue weighted by Crippen LogP contribution is -2.43. The molecule has 0 fully saturated rings. The van der Waals surface area contributed by atoms with Crippen LogP contribution in [0.4, 0.5) is 10.5 Å². The quantitative estimate of drug-likeness (QED) is 0.644. The Balaban J connectivity index is 1.67. The highest BCUT2D eigenvalue weighted by molar-refractivity contribution is 5.95. The molecule has 1 aliphatic rings. The number of amides is 2. The predicted octanol–water partition coefficient (Wildman–Crippen LogP) is 2.78. The number of fused-ring (bicyclic) bond motifs is 1. The summed E-state index contributed by atoms with van der Waals surface area (Å²) in [4.78, 5) is 38.6. The summed E-state index contributed by atoms with van der Waals surface area (Å²) < 4.78 is 10.1. The van der Waals surface area contributed by atoms with Gasteiger partial charge in [0, 0.05) is 31.1 Å². The molecule has 0 bridgehead atoms. The molecule has 2 amide bonds. The van der Waals surface area contributed by atoms with E-state index in [1.807, 2.05) is 12.1 Å². The molecule has 1 aliphatic heterocycles. The minimum atomic E-state index is -0.498. The third-order valence-corrected chi connectivity index (χ3v) is 5.07. The molecule has 3 aromatic rings. The Bertz CT molecular complexity index is 1070. The predicted molar refractivity (Wildman–Crippen MR) is 108 cm³/mol. The van der Waals surface area contributed by atoms with Crippen molar-refractivity contribution in [3.63, 3.8) is 0 Å². The summed E-state index contributed by atoms with van der Waals surface area (Å²) in [5, 5.41) is 2.87. The first-order valence-corrected chi connectivity index (χ1v) is 9.38. The first-order valence-electron chi connectivity index (χ1n) is 9.38. The fourth-order valence-electron chi connectivity index (χ4n) is 3.62. The average molecular weight is 407 g/mol. The van der Waals surface area contributed by atoms with E-state index >= 15 is 0 Å². The van der Waals surface area contributed by atoms with E-state index in [2.05, 4.69) is 20.3 Å². The van der Waals surface area contributed by atoms with Crippen LogP contribution in [-0.2, 0) is 11.2 Å². The fourth-order valence-corrected chi connectivity index (χ4v) is 3.62. The molecule has 2 aromatic heterocycles. The summed E-state index contributed by atoms with van der Waals surface area (Å²) in [5.74, 6) is -0.0594. The van der Waals surface area contributed by atoms with Crippen molar-refractivity contribution in [1.29, 1.82) is 0 Å². The number of hydrogen-bond acceptors (Lipinski definition) is 6. The molecule has 0 saturated carbocycles. The van der Waals surface area contributed by atoms with Crippen molar-refractivity contribution in [1.82, 2.24) is 19.9 Å². The molecule has 0 unspecified atom stereocenters. The lowest BCUT2D eigenvalue weighted by Gasteiger charge is -2.35. The molecule has 9 heteroatoms. The molecule has 0 saturated heterocycles. The maximum atomic E-state index is 13.3. The molecule has 154 valence electrons. The van der Waals surface area contributed by atoms with Crippen molar-refractivity contribution in [2.24, 2.45) is 0 Å². The number of nitrogens with one attached hydrogen (secondary N) is 2.